The molecule has 1 aliphatic rings. The highest BCUT2D eigenvalue weighted by atomic mass is 16.6. The second-order valence-electron chi connectivity index (χ2n) is 7.77. The number of hydrogen-bond donors (Lipinski definition) is 1. The molecule has 0 aromatic carbocycles. The van der Waals surface area contributed by atoms with E-state index in [9.17, 15) is 4.79 Å². The van der Waals surface area contributed by atoms with E-state index in [1.54, 1.807) is 0 Å². The van der Waals surface area contributed by atoms with Crippen molar-refractivity contribution in [3.63, 3.8) is 0 Å². The van der Waals surface area contributed by atoms with Crippen LogP contribution in [0.15, 0.2) is 0 Å². The Morgan fingerprint density at radius 3 is 2.07 bits per heavy atom. The second kappa shape index (κ2) is 14.9. The maximum Gasteiger partial charge on any atom is 0.332 e. The van der Waals surface area contributed by atoms with Gasteiger partial charge in [0, 0.05) is 18.8 Å². The van der Waals surface area contributed by atoms with Crippen LogP contribution in [0.1, 0.15) is 40.0 Å². The SMILES string of the molecule is CC(C)(C)OC(=O)COCCOCCOCCOCCN1CCCC(=N)CC1. The fraction of sp³-hybridized carbons (Fsp3) is 0.900. The van der Waals surface area contributed by atoms with E-state index in [2.05, 4.69) is 4.90 Å². The minimum absolute atomic E-state index is 0.0611. The van der Waals surface area contributed by atoms with Gasteiger partial charge in [-0.1, -0.05) is 0 Å². The molecule has 0 radical (unpaired) electrons. The summed E-state index contributed by atoms with van der Waals surface area (Å²) in [7, 11) is 0. The normalized spacial score (nSPS) is 16.2. The maximum absolute atomic E-state index is 11.4. The van der Waals surface area contributed by atoms with E-state index in [-0.39, 0.29) is 12.6 Å². The Morgan fingerprint density at radius 2 is 1.46 bits per heavy atom. The smallest absolute Gasteiger partial charge is 0.332 e. The maximum atomic E-state index is 11.4. The number of nitrogens with zero attached hydrogens (tertiary/aromatic N) is 1. The average Bonchev–Trinajstić information content (AvgIpc) is 2.82. The van der Waals surface area contributed by atoms with Gasteiger partial charge in [0.05, 0.1) is 46.2 Å². The Labute approximate surface area is 169 Å². The van der Waals surface area contributed by atoms with Crippen LogP contribution < -0.4 is 0 Å². The Kier molecular flexibility index (Phi) is 13.3. The van der Waals surface area contributed by atoms with E-state index < -0.39 is 5.60 Å². The molecule has 28 heavy (non-hydrogen) atoms. The Balaban J connectivity index is 1.79. The van der Waals surface area contributed by atoms with Gasteiger partial charge in [-0.2, -0.15) is 0 Å². The largest absolute Gasteiger partial charge is 0.458 e. The minimum atomic E-state index is -0.490. The van der Waals surface area contributed by atoms with Gasteiger partial charge in [-0.15, -0.1) is 0 Å². The molecule has 0 aromatic heterocycles. The lowest BCUT2D eigenvalue weighted by molar-refractivity contribution is -0.160. The third-order valence-electron chi connectivity index (χ3n) is 3.99. The van der Waals surface area contributed by atoms with E-state index in [0.717, 1.165) is 44.6 Å². The summed E-state index contributed by atoms with van der Waals surface area (Å²) in [4.78, 5) is 13.8. The van der Waals surface area contributed by atoms with Gasteiger partial charge < -0.3 is 34.0 Å². The van der Waals surface area contributed by atoms with Gasteiger partial charge in [0.25, 0.3) is 0 Å². The highest BCUT2D eigenvalue weighted by Gasteiger charge is 2.15. The highest BCUT2D eigenvalue weighted by molar-refractivity contribution is 5.81. The Bertz CT molecular complexity index is 439. The molecule has 164 valence electrons. The predicted octanol–water partition coefficient (Wildman–Crippen LogP) is 1.90. The van der Waals surface area contributed by atoms with Gasteiger partial charge in [0.2, 0.25) is 0 Å². The molecule has 8 nitrogen and oxygen atoms in total. The molecule has 1 rings (SSSR count). The molecule has 1 heterocycles. The molecular weight excluding hydrogens is 364 g/mol. The first-order valence-electron chi connectivity index (χ1n) is 10.2. The molecule has 0 bridgehead atoms. The summed E-state index contributed by atoms with van der Waals surface area (Å²) < 4.78 is 26.8. The summed E-state index contributed by atoms with van der Waals surface area (Å²) in [6.07, 6.45) is 2.90. The van der Waals surface area contributed by atoms with Crippen molar-refractivity contribution in [3.8, 4) is 0 Å². The number of carbonyl (C=O) groups excluding carboxylic acids is 1. The van der Waals surface area contributed by atoms with E-state index in [4.69, 9.17) is 29.1 Å². The molecular formula is C20H38N2O6. The molecule has 0 unspecified atom stereocenters. The molecule has 0 atom stereocenters. The summed E-state index contributed by atoms with van der Waals surface area (Å²) in [5.74, 6) is -0.369. The summed E-state index contributed by atoms with van der Waals surface area (Å²) in [5.41, 5.74) is 0.379. The lowest BCUT2D eigenvalue weighted by Crippen LogP contribution is -2.29. The van der Waals surface area contributed by atoms with Crippen molar-refractivity contribution < 1.29 is 28.5 Å². The molecule has 1 saturated heterocycles. The molecule has 0 aliphatic carbocycles. The van der Waals surface area contributed by atoms with Gasteiger partial charge in [-0.05, 0) is 46.6 Å². The first kappa shape index (κ1) is 25.0. The van der Waals surface area contributed by atoms with Crippen LogP contribution in [0.5, 0.6) is 0 Å². The number of ether oxygens (including phenoxy) is 5. The van der Waals surface area contributed by atoms with Gasteiger partial charge in [0.1, 0.15) is 12.2 Å². The van der Waals surface area contributed by atoms with E-state index in [1.165, 1.54) is 0 Å². The highest BCUT2D eigenvalue weighted by Crippen LogP contribution is 2.07. The second-order valence-corrected chi connectivity index (χ2v) is 7.77. The van der Waals surface area contributed by atoms with Crippen LogP contribution in [0.25, 0.3) is 0 Å². The van der Waals surface area contributed by atoms with E-state index in [0.29, 0.717) is 46.2 Å². The summed E-state index contributed by atoms with van der Waals surface area (Å²) in [6.45, 7) is 11.9. The van der Waals surface area contributed by atoms with Crippen molar-refractivity contribution in [1.29, 1.82) is 5.41 Å². The number of carbonyl (C=O) groups is 1. The fourth-order valence-electron chi connectivity index (χ4n) is 2.65. The van der Waals surface area contributed by atoms with Crippen molar-refractivity contribution in [2.75, 3.05) is 72.5 Å². The Hall–Kier alpha value is -1.06. The van der Waals surface area contributed by atoms with E-state index >= 15 is 0 Å². The van der Waals surface area contributed by atoms with Crippen LogP contribution in [0.2, 0.25) is 0 Å². The molecule has 8 heteroatoms. The predicted molar refractivity (Wildman–Crippen MR) is 107 cm³/mol. The van der Waals surface area contributed by atoms with Crippen molar-refractivity contribution in [3.05, 3.63) is 0 Å². The van der Waals surface area contributed by atoms with Crippen molar-refractivity contribution in [2.45, 2.75) is 45.6 Å². The van der Waals surface area contributed by atoms with Crippen molar-refractivity contribution in [2.24, 2.45) is 0 Å². The van der Waals surface area contributed by atoms with E-state index in [1.807, 2.05) is 20.8 Å². The zero-order chi connectivity index (χ0) is 20.7. The first-order valence-corrected chi connectivity index (χ1v) is 10.2. The molecule has 0 saturated carbocycles. The standard InChI is InChI=1S/C20H38N2O6/c1-20(2,3)28-19(23)17-27-16-15-26-14-13-25-12-11-24-10-9-22-7-4-5-18(21)6-8-22/h21H,4-17H2,1-3H3. The molecule has 1 aliphatic heterocycles. The zero-order valence-electron chi connectivity index (χ0n) is 17.8. The molecule has 0 amide bonds. The van der Waals surface area contributed by atoms with Crippen LogP contribution in [-0.2, 0) is 28.5 Å². The molecule has 0 spiro atoms. The zero-order valence-corrected chi connectivity index (χ0v) is 17.8. The summed E-state index contributed by atoms with van der Waals surface area (Å²) in [5, 5.41) is 7.72. The van der Waals surface area contributed by atoms with Crippen LogP contribution in [0, 0.1) is 5.41 Å². The lowest BCUT2D eigenvalue weighted by atomic mass is 10.2. The van der Waals surface area contributed by atoms with Crippen LogP contribution in [-0.4, -0.2) is 94.7 Å². The number of likely N-dealkylation sites (tertiary alicyclic amines) is 1. The molecule has 1 fully saturated rings. The van der Waals surface area contributed by atoms with Crippen LogP contribution in [0.4, 0.5) is 0 Å². The fourth-order valence-corrected chi connectivity index (χ4v) is 2.65. The summed E-state index contributed by atoms with van der Waals surface area (Å²) >= 11 is 0. The topological polar surface area (TPSA) is 90.3 Å². The van der Waals surface area contributed by atoms with Crippen molar-refractivity contribution >= 4 is 11.7 Å². The first-order chi connectivity index (χ1) is 13.4. The van der Waals surface area contributed by atoms with Gasteiger partial charge in [-0.3, -0.25) is 0 Å². The number of nitrogens with one attached hydrogen (secondary N) is 1. The van der Waals surface area contributed by atoms with Crippen LogP contribution in [0.3, 0.4) is 0 Å². The van der Waals surface area contributed by atoms with Gasteiger partial charge >= 0.3 is 5.97 Å². The Morgan fingerprint density at radius 1 is 0.893 bits per heavy atom. The molecule has 1 N–H and O–H groups in total. The monoisotopic (exact) mass is 402 g/mol. The van der Waals surface area contributed by atoms with Crippen LogP contribution >= 0.6 is 0 Å². The molecule has 0 aromatic rings. The van der Waals surface area contributed by atoms with Gasteiger partial charge in [-0.25, -0.2) is 4.79 Å². The lowest BCUT2D eigenvalue weighted by Gasteiger charge is -2.19. The number of hydrogen-bond acceptors (Lipinski definition) is 8. The average molecular weight is 403 g/mol. The minimum Gasteiger partial charge on any atom is -0.458 e. The summed E-state index contributed by atoms with van der Waals surface area (Å²) in [6, 6.07) is 0. The third-order valence-corrected chi connectivity index (χ3v) is 3.99. The quantitative estimate of drug-likeness (QED) is 0.350. The third kappa shape index (κ3) is 14.9. The number of esters is 1. The number of rotatable bonds is 14. The van der Waals surface area contributed by atoms with Gasteiger partial charge in [0.15, 0.2) is 0 Å². The van der Waals surface area contributed by atoms with Crippen molar-refractivity contribution in [1.82, 2.24) is 4.90 Å².